The molecule has 4 heteroatoms. The van der Waals surface area contributed by atoms with E-state index in [2.05, 4.69) is 48.0 Å². The molecule has 2 N–H and O–H groups in total. The molecule has 0 spiro atoms. The van der Waals surface area contributed by atoms with Gasteiger partial charge in [-0.05, 0) is 12.1 Å². The molecule has 17 heavy (non-hydrogen) atoms. The zero-order valence-corrected chi connectivity index (χ0v) is 11.2. The Kier molecular flexibility index (Phi) is 3.07. The van der Waals surface area contributed by atoms with Crippen LogP contribution in [0.5, 0.6) is 0 Å². The van der Waals surface area contributed by atoms with Crippen molar-refractivity contribution in [1.82, 2.24) is 4.57 Å². The molecule has 0 aliphatic rings. The fourth-order valence-electron chi connectivity index (χ4n) is 1.74. The summed E-state index contributed by atoms with van der Waals surface area (Å²) >= 11 is 1.57. The number of hydrogen-bond donors (Lipinski definition) is 1. The molecular formula is C13H17N3S. The molecule has 1 aromatic carbocycles. The predicted octanol–water partition coefficient (Wildman–Crippen LogP) is 2.61. The highest BCUT2D eigenvalue weighted by molar-refractivity contribution is 7.07. The zero-order valence-electron chi connectivity index (χ0n) is 10.3. The van der Waals surface area contributed by atoms with Gasteiger partial charge in [0.15, 0.2) is 0 Å². The van der Waals surface area contributed by atoms with E-state index in [0.717, 1.165) is 10.5 Å². The van der Waals surface area contributed by atoms with Crippen molar-refractivity contribution in [2.24, 2.45) is 10.9 Å². The average Bonchev–Trinajstić information content (AvgIpc) is 2.73. The van der Waals surface area contributed by atoms with E-state index in [-0.39, 0.29) is 5.41 Å². The highest BCUT2D eigenvalue weighted by Crippen LogP contribution is 2.25. The lowest BCUT2D eigenvalue weighted by Crippen LogP contribution is -2.23. The second-order valence-corrected chi connectivity index (χ2v) is 5.79. The van der Waals surface area contributed by atoms with E-state index in [9.17, 15) is 0 Å². The van der Waals surface area contributed by atoms with Crippen LogP contribution in [0.15, 0.2) is 40.8 Å². The van der Waals surface area contributed by atoms with Crippen molar-refractivity contribution in [1.29, 1.82) is 0 Å². The molecule has 0 saturated carbocycles. The number of hydrogen-bond acceptors (Lipinski definition) is 3. The van der Waals surface area contributed by atoms with Crippen LogP contribution in [0.25, 0.3) is 5.69 Å². The first kappa shape index (κ1) is 11.9. The van der Waals surface area contributed by atoms with Gasteiger partial charge in [0.25, 0.3) is 0 Å². The van der Waals surface area contributed by atoms with Crippen LogP contribution in [0.3, 0.4) is 0 Å². The van der Waals surface area contributed by atoms with Gasteiger partial charge in [-0.3, -0.25) is 4.57 Å². The van der Waals surface area contributed by atoms with Gasteiger partial charge in [0.05, 0.1) is 0 Å². The minimum absolute atomic E-state index is 0.0648. The zero-order chi connectivity index (χ0) is 12.5. The van der Waals surface area contributed by atoms with Crippen LogP contribution in [-0.4, -0.2) is 4.57 Å². The Morgan fingerprint density at radius 2 is 1.82 bits per heavy atom. The molecule has 0 unspecified atom stereocenters. The van der Waals surface area contributed by atoms with Gasteiger partial charge >= 0.3 is 0 Å². The van der Waals surface area contributed by atoms with Gasteiger partial charge < -0.3 is 5.84 Å². The Hall–Kier alpha value is -1.55. The summed E-state index contributed by atoms with van der Waals surface area (Å²) in [5.74, 6) is 5.46. The molecular weight excluding hydrogens is 230 g/mol. The first-order chi connectivity index (χ1) is 8.04. The number of rotatable bonds is 1. The van der Waals surface area contributed by atoms with E-state index >= 15 is 0 Å². The molecule has 2 aromatic rings. The average molecular weight is 247 g/mol. The van der Waals surface area contributed by atoms with Crippen molar-refractivity contribution in [3.63, 3.8) is 0 Å². The van der Waals surface area contributed by atoms with Crippen molar-refractivity contribution >= 4 is 11.3 Å². The Balaban J connectivity index is 2.72. The van der Waals surface area contributed by atoms with Gasteiger partial charge in [0.2, 0.25) is 4.80 Å². The second-order valence-electron chi connectivity index (χ2n) is 4.95. The van der Waals surface area contributed by atoms with Crippen LogP contribution in [0, 0.1) is 0 Å². The largest absolute Gasteiger partial charge is 0.320 e. The van der Waals surface area contributed by atoms with Gasteiger partial charge in [-0.25, -0.2) is 0 Å². The van der Waals surface area contributed by atoms with E-state index < -0.39 is 0 Å². The topological polar surface area (TPSA) is 43.3 Å². The summed E-state index contributed by atoms with van der Waals surface area (Å²) in [5.41, 5.74) is 2.38. The number of nitrogens with two attached hydrogens (primary N) is 1. The summed E-state index contributed by atoms with van der Waals surface area (Å²) < 4.78 is 2.12. The summed E-state index contributed by atoms with van der Waals surface area (Å²) in [4.78, 5) is 0.820. The van der Waals surface area contributed by atoms with Crippen molar-refractivity contribution in [2.45, 2.75) is 26.2 Å². The molecule has 0 amide bonds. The van der Waals surface area contributed by atoms with Crippen LogP contribution >= 0.6 is 11.3 Å². The van der Waals surface area contributed by atoms with Crippen molar-refractivity contribution in [3.05, 3.63) is 46.2 Å². The van der Waals surface area contributed by atoms with Crippen molar-refractivity contribution in [3.8, 4) is 5.69 Å². The molecule has 0 bridgehead atoms. The molecule has 3 nitrogen and oxygen atoms in total. The molecule has 0 aliphatic carbocycles. The lowest BCUT2D eigenvalue weighted by Gasteiger charge is -2.20. The summed E-state index contributed by atoms with van der Waals surface area (Å²) in [6.45, 7) is 6.57. The predicted molar refractivity (Wildman–Crippen MR) is 72.1 cm³/mol. The number of nitrogens with zero attached hydrogens (tertiary/aromatic N) is 2. The van der Waals surface area contributed by atoms with Gasteiger partial charge in [0, 0.05) is 22.2 Å². The monoisotopic (exact) mass is 247 g/mol. The molecule has 2 rings (SSSR count). The minimum atomic E-state index is 0.0648. The van der Waals surface area contributed by atoms with Crippen molar-refractivity contribution < 1.29 is 0 Å². The molecule has 1 heterocycles. The maximum atomic E-state index is 5.46. The Labute approximate surface area is 105 Å². The van der Waals surface area contributed by atoms with Gasteiger partial charge in [0.1, 0.15) is 0 Å². The summed E-state index contributed by atoms with van der Waals surface area (Å²) in [5, 5.41) is 5.99. The minimum Gasteiger partial charge on any atom is -0.320 e. The first-order valence-electron chi connectivity index (χ1n) is 5.54. The smallest absolute Gasteiger partial charge is 0.212 e. The highest BCUT2D eigenvalue weighted by atomic mass is 32.1. The number of aromatic nitrogens is 1. The number of benzene rings is 1. The maximum absolute atomic E-state index is 5.46. The number of para-hydroxylation sites is 1. The van der Waals surface area contributed by atoms with Crippen LogP contribution in [-0.2, 0) is 5.41 Å². The lowest BCUT2D eigenvalue weighted by molar-refractivity contribution is 0.552. The van der Waals surface area contributed by atoms with Gasteiger partial charge in [-0.2, -0.15) is 5.10 Å². The van der Waals surface area contributed by atoms with Crippen LogP contribution in [0.4, 0.5) is 0 Å². The van der Waals surface area contributed by atoms with E-state index in [0.29, 0.717) is 0 Å². The van der Waals surface area contributed by atoms with Crippen LogP contribution < -0.4 is 10.6 Å². The quantitative estimate of drug-likeness (QED) is 0.611. The van der Waals surface area contributed by atoms with E-state index in [4.69, 9.17) is 5.84 Å². The molecule has 0 radical (unpaired) electrons. The van der Waals surface area contributed by atoms with Gasteiger partial charge in [-0.1, -0.05) is 39.0 Å². The van der Waals surface area contributed by atoms with E-state index in [1.807, 2.05) is 18.2 Å². The Morgan fingerprint density at radius 3 is 2.35 bits per heavy atom. The SMILES string of the molecule is CC(C)(C)c1csc(=NN)n1-c1ccccc1. The molecule has 0 fully saturated rings. The molecule has 0 atom stereocenters. The lowest BCUT2D eigenvalue weighted by atomic mass is 9.93. The van der Waals surface area contributed by atoms with Crippen LogP contribution in [0.2, 0.25) is 0 Å². The summed E-state index contributed by atoms with van der Waals surface area (Å²) in [6, 6.07) is 10.2. The fourth-order valence-corrected chi connectivity index (χ4v) is 2.79. The molecule has 0 aliphatic heterocycles. The fraction of sp³-hybridized carbons (Fsp3) is 0.308. The van der Waals surface area contributed by atoms with Crippen LogP contribution in [0.1, 0.15) is 26.5 Å². The Morgan fingerprint density at radius 1 is 1.18 bits per heavy atom. The maximum Gasteiger partial charge on any atom is 0.212 e. The first-order valence-corrected chi connectivity index (χ1v) is 6.42. The Bertz CT molecular complexity index is 558. The third kappa shape index (κ3) is 2.26. The molecule has 90 valence electrons. The second kappa shape index (κ2) is 4.37. The standard InChI is InChI=1S/C13H17N3S/c1-13(2,3)11-9-17-12(15-14)16(11)10-7-5-4-6-8-10/h4-9H,14H2,1-3H3. The van der Waals surface area contributed by atoms with E-state index in [1.54, 1.807) is 11.3 Å². The third-order valence-electron chi connectivity index (χ3n) is 2.60. The van der Waals surface area contributed by atoms with Gasteiger partial charge in [-0.15, -0.1) is 11.3 Å². The summed E-state index contributed by atoms with van der Waals surface area (Å²) in [7, 11) is 0. The third-order valence-corrected chi connectivity index (χ3v) is 3.44. The molecule has 0 saturated heterocycles. The molecule has 1 aromatic heterocycles. The summed E-state index contributed by atoms with van der Waals surface area (Å²) in [6.07, 6.45) is 0. The van der Waals surface area contributed by atoms with E-state index in [1.165, 1.54) is 5.69 Å². The highest BCUT2D eigenvalue weighted by Gasteiger charge is 2.20. The van der Waals surface area contributed by atoms with Crippen molar-refractivity contribution in [2.75, 3.05) is 0 Å². The number of thiazole rings is 1. The normalized spacial score (nSPS) is 13.0.